The Balaban J connectivity index is 1.69. The van der Waals surface area contributed by atoms with Crippen LogP contribution in [-0.2, 0) is 6.54 Å². The van der Waals surface area contributed by atoms with Crippen LogP contribution in [0.3, 0.4) is 0 Å². The predicted octanol–water partition coefficient (Wildman–Crippen LogP) is 4.44. The SMILES string of the molecule is Clc1c(CNCC2CCC2)sc2ccccc12. The summed E-state index contributed by atoms with van der Waals surface area (Å²) in [6.45, 7) is 2.05. The smallest absolute Gasteiger partial charge is 0.0636 e. The van der Waals surface area contributed by atoms with Crippen LogP contribution in [0.4, 0.5) is 0 Å². The molecule has 1 aliphatic rings. The molecule has 17 heavy (non-hydrogen) atoms. The summed E-state index contributed by atoms with van der Waals surface area (Å²) in [6.07, 6.45) is 4.20. The second-order valence-electron chi connectivity index (χ2n) is 4.76. The third kappa shape index (κ3) is 2.35. The van der Waals surface area contributed by atoms with Crippen molar-refractivity contribution in [1.82, 2.24) is 5.32 Å². The highest BCUT2D eigenvalue weighted by Gasteiger charge is 2.17. The van der Waals surface area contributed by atoms with E-state index in [1.165, 1.54) is 34.2 Å². The molecule has 90 valence electrons. The van der Waals surface area contributed by atoms with E-state index in [4.69, 9.17) is 11.6 Å². The Labute approximate surface area is 111 Å². The molecule has 1 N–H and O–H groups in total. The number of nitrogens with one attached hydrogen (secondary N) is 1. The van der Waals surface area contributed by atoms with Gasteiger partial charge in [0.25, 0.3) is 0 Å². The molecule has 0 saturated heterocycles. The highest BCUT2D eigenvalue weighted by molar-refractivity contribution is 7.19. The fourth-order valence-electron chi connectivity index (χ4n) is 2.27. The summed E-state index contributed by atoms with van der Waals surface area (Å²) in [7, 11) is 0. The molecular weight excluding hydrogens is 250 g/mol. The summed E-state index contributed by atoms with van der Waals surface area (Å²) < 4.78 is 1.29. The number of rotatable bonds is 4. The van der Waals surface area contributed by atoms with Gasteiger partial charge in [0.05, 0.1) is 5.02 Å². The fourth-order valence-corrected chi connectivity index (χ4v) is 3.73. The molecule has 0 spiro atoms. The molecular formula is C14H16ClNS. The summed E-state index contributed by atoms with van der Waals surface area (Å²) >= 11 is 8.20. The molecule has 0 unspecified atom stereocenters. The largest absolute Gasteiger partial charge is 0.312 e. The van der Waals surface area contributed by atoms with Crippen LogP contribution in [0.1, 0.15) is 24.1 Å². The van der Waals surface area contributed by atoms with Crippen molar-refractivity contribution in [3.63, 3.8) is 0 Å². The molecule has 3 rings (SSSR count). The number of hydrogen-bond donors (Lipinski definition) is 1. The Morgan fingerprint density at radius 3 is 2.82 bits per heavy atom. The monoisotopic (exact) mass is 265 g/mol. The van der Waals surface area contributed by atoms with Crippen LogP contribution in [0.2, 0.25) is 5.02 Å². The molecule has 0 aliphatic heterocycles. The first-order valence-electron chi connectivity index (χ1n) is 6.21. The minimum Gasteiger partial charge on any atom is -0.312 e. The van der Waals surface area contributed by atoms with Crippen LogP contribution in [0, 0.1) is 5.92 Å². The highest BCUT2D eigenvalue weighted by Crippen LogP contribution is 2.35. The van der Waals surface area contributed by atoms with Crippen molar-refractivity contribution in [1.29, 1.82) is 0 Å². The lowest BCUT2D eigenvalue weighted by Gasteiger charge is -2.25. The van der Waals surface area contributed by atoms with Gasteiger partial charge in [0.15, 0.2) is 0 Å². The van der Waals surface area contributed by atoms with Crippen molar-refractivity contribution in [3.8, 4) is 0 Å². The summed E-state index contributed by atoms with van der Waals surface area (Å²) in [5, 5.41) is 5.66. The molecule has 1 aromatic carbocycles. The van der Waals surface area contributed by atoms with E-state index < -0.39 is 0 Å². The minimum absolute atomic E-state index is 0.906. The second-order valence-corrected chi connectivity index (χ2v) is 6.28. The average molecular weight is 266 g/mol. The Morgan fingerprint density at radius 2 is 2.12 bits per heavy atom. The molecule has 2 aromatic rings. The normalized spacial score (nSPS) is 16.3. The Hall–Kier alpha value is -0.570. The van der Waals surface area contributed by atoms with E-state index in [2.05, 4.69) is 23.5 Å². The Bertz CT molecular complexity index is 516. The molecule has 1 nitrogen and oxygen atoms in total. The van der Waals surface area contributed by atoms with Gasteiger partial charge in [-0.15, -0.1) is 11.3 Å². The third-order valence-corrected chi connectivity index (χ3v) is 5.26. The molecule has 3 heteroatoms. The third-order valence-electron chi connectivity index (χ3n) is 3.54. The van der Waals surface area contributed by atoms with E-state index in [1.54, 1.807) is 11.3 Å². The molecule has 0 atom stereocenters. The van der Waals surface area contributed by atoms with E-state index in [-0.39, 0.29) is 0 Å². The molecule has 0 radical (unpaired) electrons. The van der Waals surface area contributed by atoms with E-state index >= 15 is 0 Å². The average Bonchev–Trinajstić information content (AvgIpc) is 2.60. The summed E-state index contributed by atoms with van der Waals surface area (Å²) in [5.74, 6) is 0.906. The van der Waals surface area contributed by atoms with Crippen molar-refractivity contribution in [2.75, 3.05) is 6.54 Å². The first-order valence-corrected chi connectivity index (χ1v) is 7.40. The van der Waals surface area contributed by atoms with Gasteiger partial charge in [0, 0.05) is 21.5 Å². The van der Waals surface area contributed by atoms with Crippen LogP contribution in [-0.4, -0.2) is 6.54 Å². The predicted molar refractivity (Wildman–Crippen MR) is 75.9 cm³/mol. The van der Waals surface area contributed by atoms with Crippen molar-refractivity contribution in [2.24, 2.45) is 5.92 Å². The first-order chi connectivity index (χ1) is 8.34. The first kappa shape index (κ1) is 11.5. The molecule has 1 aliphatic carbocycles. The zero-order valence-corrected chi connectivity index (χ0v) is 11.3. The second kappa shape index (κ2) is 4.97. The molecule has 1 saturated carbocycles. The highest BCUT2D eigenvalue weighted by atomic mass is 35.5. The van der Waals surface area contributed by atoms with Crippen LogP contribution < -0.4 is 5.32 Å². The zero-order chi connectivity index (χ0) is 11.7. The Kier molecular flexibility index (Phi) is 3.37. The zero-order valence-electron chi connectivity index (χ0n) is 9.71. The maximum absolute atomic E-state index is 6.39. The van der Waals surface area contributed by atoms with Gasteiger partial charge < -0.3 is 5.32 Å². The van der Waals surface area contributed by atoms with E-state index in [1.807, 2.05) is 6.07 Å². The lowest BCUT2D eigenvalue weighted by atomic mass is 9.85. The van der Waals surface area contributed by atoms with Gasteiger partial charge in [-0.25, -0.2) is 0 Å². The molecule has 1 aromatic heterocycles. The van der Waals surface area contributed by atoms with Crippen molar-refractivity contribution < 1.29 is 0 Å². The fraction of sp³-hybridized carbons (Fsp3) is 0.429. The quantitative estimate of drug-likeness (QED) is 0.862. The van der Waals surface area contributed by atoms with E-state index in [0.717, 1.165) is 24.0 Å². The lowest BCUT2D eigenvalue weighted by Crippen LogP contribution is -2.26. The van der Waals surface area contributed by atoms with Crippen molar-refractivity contribution in [2.45, 2.75) is 25.8 Å². The number of hydrogen-bond acceptors (Lipinski definition) is 2. The summed E-state index contributed by atoms with van der Waals surface area (Å²) in [4.78, 5) is 1.27. The van der Waals surface area contributed by atoms with Crippen molar-refractivity contribution in [3.05, 3.63) is 34.2 Å². The van der Waals surface area contributed by atoms with Crippen LogP contribution in [0.15, 0.2) is 24.3 Å². The van der Waals surface area contributed by atoms with Gasteiger partial charge in [0.2, 0.25) is 0 Å². The molecule has 0 amide bonds. The van der Waals surface area contributed by atoms with Gasteiger partial charge in [-0.2, -0.15) is 0 Å². The van der Waals surface area contributed by atoms with Gasteiger partial charge in [-0.3, -0.25) is 0 Å². The van der Waals surface area contributed by atoms with Crippen LogP contribution in [0.5, 0.6) is 0 Å². The van der Waals surface area contributed by atoms with Gasteiger partial charge in [-0.1, -0.05) is 36.2 Å². The number of benzene rings is 1. The number of halogens is 1. The number of thiophene rings is 1. The van der Waals surface area contributed by atoms with E-state index in [9.17, 15) is 0 Å². The maximum atomic E-state index is 6.39. The maximum Gasteiger partial charge on any atom is 0.0636 e. The Morgan fingerprint density at radius 1 is 1.29 bits per heavy atom. The van der Waals surface area contributed by atoms with Crippen LogP contribution in [0.25, 0.3) is 10.1 Å². The standard InChI is InChI=1S/C14H16ClNS/c15-14-11-6-1-2-7-12(11)17-13(14)9-16-8-10-4-3-5-10/h1-2,6-7,10,16H,3-5,8-9H2. The van der Waals surface area contributed by atoms with Gasteiger partial charge >= 0.3 is 0 Å². The number of fused-ring (bicyclic) bond motifs is 1. The molecule has 1 fully saturated rings. The summed E-state index contributed by atoms with van der Waals surface area (Å²) in [6, 6.07) is 8.36. The summed E-state index contributed by atoms with van der Waals surface area (Å²) in [5.41, 5.74) is 0. The van der Waals surface area contributed by atoms with Gasteiger partial charge in [-0.05, 0) is 31.4 Å². The van der Waals surface area contributed by atoms with Gasteiger partial charge in [0.1, 0.15) is 0 Å². The topological polar surface area (TPSA) is 12.0 Å². The van der Waals surface area contributed by atoms with E-state index in [0.29, 0.717) is 0 Å². The minimum atomic E-state index is 0.906. The molecule has 1 heterocycles. The molecule has 0 bridgehead atoms. The lowest BCUT2D eigenvalue weighted by molar-refractivity contribution is 0.301. The van der Waals surface area contributed by atoms with Crippen molar-refractivity contribution >= 4 is 33.0 Å². The van der Waals surface area contributed by atoms with Crippen LogP contribution >= 0.6 is 22.9 Å².